The van der Waals surface area contributed by atoms with E-state index in [0.29, 0.717) is 17.2 Å². The van der Waals surface area contributed by atoms with Crippen LogP contribution in [0.1, 0.15) is 16.7 Å². The maximum atomic E-state index is 13.0. The number of halogens is 6. The number of nitrogens with one attached hydrogen (secondary N) is 1. The lowest BCUT2D eigenvalue weighted by atomic mass is 10.1. The molecule has 4 nitrogen and oxygen atoms in total. The molecule has 2 rings (SSSR count). The topological polar surface area (TPSA) is 55.4 Å². The first-order valence-corrected chi connectivity index (χ1v) is 9.25. The molecule has 0 fully saturated rings. The van der Waals surface area contributed by atoms with Crippen LogP contribution in [0, 0.1) is 0 Å². The number of hydrogen-bond acceptors (Lipinski definition) is 3. The van der Waals surface area contributed by atoms with Crippen molar-refractivity contribution in [1.29, 1.82) is 0 Å². The van der Waals surface area contributed by atoms with Crippen molar-refractivity contribution in [2.75, 3.05) is 6.61 Å². The second-order valence-corrected chi connectivity index (χ2v) is 7.48. The van der Waals surface area contributed by atoms with Gasteiger partial charge in [-0.1, -0.05) is 36.4 Å². The first-order chi connectivity index (χ1) is 12.9. The largest absolute Gasteiger partial charge is 0.417 e. The molecule has 0 saturated carbocycles. The van der Waals surface area contributed by atoms with Crippen LogP contribution in [0.2, 0.25) is 0 Å². The van der Waals surface area contributed by atoms with E-state index in [-0.39, 0.29) is 13.2 Å². The van der Waals surface area contributed by atoms with Gasteiger partial charge in [-0.25, -0.2) is 13.1 Å². The van der Waals surface area contributed by atoms with Gasteiger partial charge in [0.2, 0.25) is 10.0 Å². The Balaban J connectivity index is 2.02. The predicted octanol–water partition coefficient (Wildman–Crippen LogP) is 4.26. The number of hydrogen-bond donors (Lipinski definition) is 1. The van der Waals surface area contributed by atoms with E-state index in [1.807, 2.05) is 0 Å². The normalized spacial score (nSPS) is 12.9. The van der Waals surface area contributed by atoms with E-state index in [1.54, 1.807) is 0 Å². The molecule has 1 N–H and O–H groups in total. The van der Waals surface area contributed by atoms with Crippen molar-refractivity contribution >= 4 is 10.0 Å². The molecule has 154 valence electrons. The van der Waals surface area contributed by atoms with Gasteiger partial charge in [0, 0.05) is 6.54 Å². The van der Waals surface area contributed by atoms with Gasteiger partial charge in [-0.15, -0.1) is 0 Å². The van der Waals surface area contributed by atoms with Crippen LogP contribution in [-0.4, -0.2) is 21.2 Å². The van der Waals surface area contributed by atoms with Crippen LogP contribution < -0.4 is 4.72 Å². The molecule has 2 aromatic carbocycles. The van der Waals surface area contributed by atoms with Crippen molar-refractivity contribution in [3.05, 3.63) is 65.2 Å². The van der Waals surface area contributed by atoms with Gasteiger partial charge >= 0.3 is 12.4 Å². The summed E-state index contributed by atoms with van der Waals surface area (Å²) >= 11 is 0. The third-order valence-corrected chi connectivity index (χ3v) is 4.97. The quantitative estimate of drug-likeness (QED) is 0.672. The smallest absolute Gasteiger partial charge is 0.367 e. The molecule has 0 amide bonds. The van der Waals surface area contributed by atoms with E-state index in [1.165, 1.54) is 30.3 Å². The van der Waals surface area contributed by atoms with Gasteiger partial charge in [0.05, 0.1) is 17.1 Å². The summed E-state index contributed by atoms with van der Waals surface area (Å²) < 4.78 is 106. The molecule has 0 atom stereocenters. The third kappa shape index (κ3) is 6.50. The molecule has 28 heavy (non-hydrogen) atoms. The average molecular weight is 427 g/mol. The van der Waals surface area contributed by atoms with Crippen molar-refractivity contribution in [1.82, 2.24) is 4.72 Å². The SMILES string of the molecule is O=S(=O)(NCc1ccc(COCC(F)(F)F)cc1)c1ccccc1C(F)(F)F. The van der Waals surface area contributed by atoms with E-state index < -0.39 is 39.4 Å². The maximum Gasteiger partial charge on any atom is 0.417 e. The summed E-state index contributed by atoms with van der Waals surface area (Å²) in [6.07, 6.45) is -9.27. The Kier molecular flexibility index (Phi) is 6.73. The molecule has 0 heterocycles. The molecule has 0 aliphatic heterocycles. The van der Waals surface area contributed by atoms with E-state index in [4.69, 9.17) is 0 Å². The van der Waals surface area contributed by atoms with Crippen molar-refractivity contribution in [2.45, 2.75) is 30.4 Å². The Morgan fingerprint density at radius 2 is 1.43 bits per heavy atom. The number of sulfonamides is 1. The standard InChI is InChI=1S/C17H15F6NO3S/c18-16(19,20)11-27-10-13-7-5-12(6-8-13)9-24-28(25,26)15-4-2-1-3-14(15)17(21,22)23/h1-8,24H,9-11H2. The van der Waals surface area contributed by atoms with Crippen molar-refractivity contribution < 1.29 is 39.5 Å². The Morgan fingerprint density at radius 1 is 0.857 bits per heavy atom. The minimum Gasteiger partial charge on any atom is -0.367 e. The number of alkyl halides is 6. The minimum absolute atomic E-state index is 0.287. The van der Waals surface area contributed by atoms with Gasteiger partial charge in [-0.2, -0.15) is 26.3 Å². The molecule has 0 radical (unpaired) electrons. The highest BCUT2D eigenvalue weighted by Crippen LogP contribution is 2.33. The highest BCUT2D eigenvalue weighted by atomic mass is 32.2. The van der Waals surface area contributed by atoms with Crippen LogP contribution in [-0.2, 0) is 34.1 Å². The van der Waals surface area contributed by atoms with Gasteiger partial charge in [-0.3, -0.25) is 0 Å². The lowest BCUT2D eigenvalue weighted by Gasteiger charge is -2.14. The summed E-state index contributed by atoms with van der Waals surface area (Å²) in [5.74, 6) is 0. The minimum atomic E-state index is -4.83. The molecule has 0 spiro atoms. The second-order valence-electron chi connectivity index (χ2n) is 5.74. The lowest BCUT2D eigenvalue weighted by Crippen LogP contribution is -2.26. The number of benzene rings is 2. The molecule has 2 aromatic rings. The fourth-order valence-corrected chi connectivity index (χ4v) is 3.47. The zero-order chi connectivity index (χ0) is 21.0. The molecule has 0 unspecified atom stereocenters. The van der Waals surface area contributed by atoms with Gasteiger partial charge < -0.3 is 4.74 Å². The summed E-state index contributed by atoms with van der Waals surface area (Å²) in [6, 6.07) is 9.53. The highest BCUT2D eigenvalue weighted by Gasteiger charge is 2.36. The van der Waals surface area contributed by atoms with Crippen molar-refractivity contribution in [2.24, 2.45) is 0 Å². The first-order valence-electron chi connectivity index (χ1n) is 7.77. The fraction of sp³-hybridized carbons (Fsp3) is 0.294. The highest BCUT2D eigenvalue weighted by molar-refractivity contribution is 7.89. The summed E-state index contributed by atoms with van der Waals surface area (Å²) in [5, 5.41) is 0. The summed E-state index contributed by atoms with van der Waals surface area (Å²) in [5.41, 5.74) is -0.439. The maximum absolute atomic E-state index is 13.0. The van der Waals surface area contributed by atoms with E-state index in [9.17, 15) is 34.8 Å². The van der Waals surface area contributed by atoms with Crippen LogP contribution in [0.3, 0.4) is 0 Å². The van der Waals surface area contributed by atoms with Gasteiger partial charge in [-0.05, 0) is 23.3 Å². The average Bonchev–Trinajstić information content (AvgIpc) is 2.59. The summed E-state index contributed by atoms with van der Waals surface area (Å²) in [6.45, 7) is -1.98. The molecule has 0 bridgehead atoms. The van der Waals surface area contributed by atoms with Crippen LogP contribution in [0.25, 0.3) is 0 Å². The molecule has 11 heteroatoms. The summed E-state index contributed by atoms with van der Waals surface area (Å²) in [7, 11) is -4.43. The van der Waals surface area contributed by atoms with Gasteiger partial charge in [0.15, 0.2) is 0 Å². The first kappa shape index (κ1) is 22.2. The van der Waals surface area contributed by atoms with Crippen LogP contribution >= 0.6 is 0 Å². The van der Waals surface area contributed by atoms with Crippen molar-refractivity contribution in [3.8, 4) is 0 Å². The molecular formula is C17H15F6NO3S. The predicted molar refractivity (Wildman–Crippen MR) is 87.6 cm³/mol. The van der Waals surface area contributed by atoms with E-state index in [2.05, 4.69) is 9.46 Å². The second kappa shape index (κ2) is 8.50. The van der Waals surface area contributed by atoms with Crippen molar-refractivity contribution in [3.63, 3.8) is 0 Å². The zero-order valence-electron chi connectivity index (χ0n) is 14.1. The van der Waals surface area contributed by atoms with Gasteiger partial charge in [0.25, 0.3) is 0 Å². The Morgan fingerprint density at radius 3 is 2.00 bits per heavy atom. The molecular weight excluding hydrogens is 412 g/mol. The molecule has 0 aliphatic rings. The number of rotatable bonds is 7. The lowest BCUT2D eigenvalue weighted by molar-refractivity contribution is -0.176. The zero-order valence-corrected chi connectivity index (χ0v) is 15.0. The fourth-order valence-electron chi connectivity index (χ4n) is 2.23. The third-order valence-electron chi connectivity index (χ3n) is 3.51. The van der Waals surface area contributed by atoms with Gasteiger partial charge in [0.1, 0.15) is 6.61 Å². The Bertz CT molecular complexity index is 892. The number of ether oxygens (including phenoxy) is 1. The Hall–Kier alpha value is -2.11. The van der Waals surface area contributed by atoms with Crippen LogP contribution in [0.5, 0.6) is 0 Å². The molecule has 0 saturated heterocycles. The summed E-state index contributed by atoms with van der Waals surface area (Å²) in [4.78, 5) is -0.889. The van der Waals surface area contributed by atoms with E-state index in [0.717, 1.165) is 12.1 Å². The van der Waals surface area contributed by atoms with Crippen LogP contribution in [0.15, 0.2) is 53.4 Å². The molecule has 0 aromatic heterocycles. The van der Waals surface area contributed by atoms with Crippen LogP contribution in [0.4, 0.5) is 26.3 Å². The monoisotopic (exact) mass is 427 g/mol. The van der Waals surface area contributed by atoms with E-state index >= 15 is 0 Å². The Labute approximate surface area is 157 Å². The molecule has 0 aliphatic carbocycles.